The molecule has 5 aromatic carbocycles. The molecule has 5 nitrogen and oxygen atoms in total. The van der Waals surface area contributed by atoms with Crippen LogP contribution in [-0.4, -0.2) is 14.1 Å². The number of aromatic nitrogens is 4. The molecule has 0 N–H and O–H groups in total. The Kier molecular flexibility index (Phi) is 9.44. The van der Waals surface area contributed by atoms with E-state index in [9.17, 15) is 0 Å². The Balaban J connectivity index is 0.00000417. The fourth-order valence-corrected chi connectivity index (χ4v) is 6.47. The average Bonchev–Trinajstić information content (AvgIpc) is 3.62. The van der Waals surface area contributed by atoms with E-state index in [1.807, 2.05) is 35.9 Å². The summed E-state index contributed by atoms with van der Waals surface area (Å²) in [6.45, 7) is 15.7. The SMILES string of the molecule is CC(C)c1cccc(C(C)C)c1-n1c(-c2[c-]c(Oc3[c-]c(-[n+]4[c-]n(C)c5ccccc54)cc(C(C)(C)C)c3)ccc2)nc2ccccc21.[Pt]. The number of fused-ring (bicyclic) bond motifs is 2. The molecule has 252 valence electrons. The summed E-state index contributed by atoms with van der Waals surface area (Å²) in [4.78, 5) is 5.20. The number of hydrogen-bond acceptors (Lipinski definition) is 2. The van der Waals surface area contributed by atoms with E-state index in [4.69, 9.17) is 9.72 Å². The van der Waals surface area contributed by atoms with Crippen molar-refractivity contribution < 1.29 is 30.4 Å². The summed E-state index contributed by atoms with van der Waals surface area (Å²) in [5.41, 5.74) is 10.7. The van der Waals surface area contributed by atoms with Crippen molar-refractivity contribution in [3.8, 4) is 34.3 Å². The second kappa shape index (κ2) is 13.4. The Hall–Kier alpha value is -4.47. The topological polar surface area (TPSA) is 35.9 Å². The molecular formula is C43H42N4OPt-2. The molecule has 0 aliphatic heterocycles. The van der Waals surface area contributed by atoms with Crippen molar-refractivity contribution in [2.24, 2.45) is 7.05 Å². The normalized spacial score (nSPS) is 11.9. The Morgan fingerprint density at radius 2 is 1.39 bits per heavy atom. The van der Waals surface area contributed by atoms with Gasteiger partial charge in [0.05, 0.1) is 34.9 Å². The number of ether oxygens (including phenoxy) is 1. The summed E-state index contributed by atoms with van der Waals surface area (Å²) in [5, 5.41) is 0. The maximum Gasteiger partial charge on any atom is 0.242 e. The minimum Gasteiger partial charge on any atom is -0.504 e. The molecule has 0 aliphatic carbocycles. The third-order valence-electron chi connectivity index (χ3n) is 9.03. The average molecular weight is 826 g/mol. The molecule has 2 aromatic heterocycles. The van der Waals surface area contributed by atoms with Crippen LogP contribution in [-0.2, 0) is 33.5 Å². The van der Waals surface area contributed by atoms with E-state index in [-0.39, 0.29) is 26.5 Å². The van der Waals surface area contributed by atoms with Crippen LogP contribution < -0.4 is 9.30 Å². The van der Waals surface area contributed by atoms with Gasteiger partial charge in [0.1, 0.15) is 0 Å². The second-order valence-electron chi connectivity index (χ2n) is 14.2. The van der Waals surface area contributed by atoms with Crippen molar-refractivity contribution >= 4 is 22.1 Å². The van der Waals surface area contributed by atoms with Gasteiger partial charge < -0.3 is 18.4 Å². The fourth-order valence-electron chi connectivity index (χ4n) is 6.47. The third-order valence-corrected chi connectivity index (χ3v) is 9.03. The van der Waals surface area contributed by atoms with Crippen molar-refractivity contribution in [1.82, 2.24) is 14.1 Å². The minimum atomic E-state index is -0.110. The van der Waals surface area contributed by atoms with Gasteiger partial charge in [0.25, 0.3) is 0 Å². The molecule has 0 bridgehead atoms. The number of benzene rings is 5. The van der Waals surface area contributed by atoms with Gasteiger partial charge in [-0.05, 0) is 40.5 Å². The van der Waals surface area contributed by atoms with Crippen LogP contribution in [0.25, 0.3) is 44.8 Å². The van der Waals surface area contributed by atoms with Crippen LogP contribution in [0.5, 0.6) is 11.5 Å². The molecule has 7 rings (SSSR count). The van der Waals surface area contributed by atoms with E-state index < -0.39 is 0 Å². The van der Waals surface area contributed by atoms with Crippen molar-refractivity contribution in [3.63, 3.8) is 0 Å². The number of hydrogen-bond donors (Lipinski definition) is 0. The molecule has 0 atom stereocenters. The largest absolute Gasteiger partial charge is 0.504 e. The van der Waals surface area contributed by atoms with Gasteiger partial charge in [-0.1, -0.05) is 115 Å². The quantitative estimate of drug-likeness (QED) is 0.119. The van der Waals surface area contributed by atoms with Gasteiger partial charge in [0.2, 0.25) is 6.33 Å². The van der Waals surface area contributed by atoms with Gasteiger partial charge in [-0.2, -0.15) is 11.6 Å². The van der Waals surface area contributed by atoms with Gasteiger partial charge in [-0.3, -0.25) is 4.98 Å². The molecule has 0 saturated carbocycles. The molecule has 0 unspecified atom stereocenters. The zero-order valence-electron chi connectivity index (χ0n) is 29.4. The standard InChI is InChI=1S/C43H42N4O.Pt/c1-28(2)35-17-14-18-36(29(3)4)41(35)47-38-20-10-9-19-37(38)44-42(47)30-15-13-16-33(23-30)48-34-25-31(43(5,6)7)24-32(26-34)46-27-45(8)39-21-11-12-22-40(39)46;/h9-22,24-25,28-29H,1-8H3;/q-2;. The van der Waals surface area contributed by atoms with Crippen molar-refractivity contribution in [3.05, 3.63) is 132 Å². The van der Waals surface area contributed by atoms with E-state index in [0.717, 1.165) is 44.7 Å². The minimum absolute atomic E-state index is 0. The van der Waals surface area contributed by atoms with E-state index in [0.29, 0.717) is 23.3 Å². The maximum absolute atomic E-state index is 6.62. The predicted octanol–water partition coefficient (Wildman–Crippen LogP) is 10.2. The van der Waals surface area contributed by atoms with Crippen LogP contribution in [0.15, 0.2) is 97.1 Å². The van der Waals surface area contributed by atoms with Crippen LogP contribution in [0.3, 0.4) is 0 Å². The molecule has 0 fully saturated rings. The number of para-hydroxylation sites is 5. The summed E-state index contributed by atoms with van der Waals surface area (Å²) >= 11 is 0. The smallest absolute Gasteiger partial charge is 0.242 e. The molecule has 0 saturated heterocycles. The Bertz CT molecular complexity index is 2260. The van der Waals surface area contributed by atoms with E-state index in [1.54, 1.807) is 0 Å². The first-order valence-electron chi connectivity index (χ1n) is 16.8. The maximum atomic E-state index is 6.62. The molecule has 0 spiro atoms. The number of imidazole rings is 2. The van der Waals surface area contributed by atoms with Crippen molar-refractivity contribution in [1.29, 1.82) is 0 Å². The number of nitrogens with zero attached hydrogens (tertiary/aromatic N) is 4. The Morgan fingerprint density at radius 3 is 2.08 bits per heavy atom. The van der Waals surface area contributed by atoms with E-state index in [2.05, 4.69) is 149 Å². The summed E-state index contributed by atoms with van der Waals surface area (Å²) in [7, 11) is 2.02. The molecule has 49 heavy (non-hydrogen) atoms. The van der Waals surface area contributed by atoms with Crippen LogP contribution in [0.1, 0.15) is 77.0 Å². The number of rotatable bonds is 7. The molecule has 0 amide bonds. The molecule has 7 aromatic rings. The van der Waals surface area contributed by atoms with Crippen molar-refractivity contribution in [2.45, 2.75) is 65.7 Å². The molecule has 0 aliphatic rings. The first-order chi connectivity index (χ1) is 23.0. The van der Waals surface area contributed by atoms with Crippen LogP contribution >= 0.6 is 0 Å². The summed E-state index contributed by atoms with van der Waals surface area (Å²) < 4.78 is 13.0. The summed E-state index contributed by atoms with van der Waals surface area (Å²) in [6.07, 6.45) is 3.46. The summed E-state index contributed by atoms with van der Waals surface area (Å²) in [6, 6.07) is 40.8. The summed E-state index contributed by atoms with van der Waals surface area (Å²) in [5.74, 6) is 2.74. The third kappa shape index (κ3) is 6.49. The predicted molar refractivity (Wildman–Crippen MR) is 194 cm³/mol. The van der Waals surface area contributed by atoms with Crippen LogP contribution in [0, 0.1) is 18.5 Å². The van der Waals surface area contributed by atoms with Crippen molar-refractivity contribution in [2.75, 3.05) is 0 Å². The molecule has 6 heteroatoms. The van der Waals surface area contributed by atoms with E-state index in [1.165, 1.54) is 16.8 Å². The monoisotopic (exact) mass is 825 g/mol. The zero-order valence-corrected chi connectivity index (χ0v) is 31.7. The molecular weight excluding hydrogens is 784 g/mol. The number of aryl methyl sites for hydroxylation is 1. The van der Waals surface area contributed by atoms with Gasteiger partial charge in [0, 0.05) is 38.3 Å². The second-order valence-corrected chi connectivity index (χ2v) is 14.2. The van der Waals surface area contributed by atoms with Gasteiger partial charge in [-0.15, -0.1) is 35.9 Å². The first-order valence-corrected chi connectivity index (χ1v) is 16.8. The van der Waals surface area contributed by atoms with Crippen LogP contribution in [0.4, 0.5) is 0 Å². The fraction of sp³-hybridized carbons (Fsp3) is 0.256. The van der Waals surface area contributed by atoms with E-state index >= 15 is 0 Å². The van der Waals surface area contributed by atoms with Crippen LogP contribution in [0.2, 0.25) is 0 Å². The van der Waals surface area contributed by atoms with Gasteiger partial charge in [-0.25, -0.2) is 0 Å². The van der Waals surface area contributed by atoms with Gasteiger partial charge in [0.15, 0.2) is 0 Å². The Morgan fingerprint density at radius 1 is 0.735 bits per heavy atom. The van der Waals surface area contributed by atoms with Gasteiger partial charge >= 0.3 is 0 Å². The Labute approximate surface area is 304 Å². The zero-order chi connectivity index (χ0) is 33.7. The molecule has 0 radical (unpaired) electrons. The molecule has 2 heterocycles. The first kappa shape index (κ1) is 34.4.